The van der Waals surface area contributed by atoms with E-state index in [4.69, 9.17) is 4.74 Å². The van der Waals surface area contributed by atoms with E-state index in [0.717, 1.165) is 29.5 Å². The predicted molar refractivity (Wildman–Crippen MR) is 100.0 cm³/mol. The molecule has 3 saturated heterocycles. The molecule has 0 amide bonds. The van der Waals surface area contributed by atoms with E-state index in [1.807, 2.05) is 10.7 Å². The fraction of sp³-hybridized carbons (Fsp3) is 0.556. The van der Waals surface area contributed by atoms with E-state index >= 15 is 0 Å². The highest BCUT2D eigenvalue weighted by molar-refractivity contribution is 5.74. The first kappa shape index (κ1) is 16.2. The van der Waals surface area contributed by atoms with Gasteiger partial charge >= 0.3 is 0 Å². The summed E-state index contributed by atoms with van der Waals surface area (Å²) in [7, 11) is 0. The highest BCUT2D eigenvalue weighted by Crippen LogP contribution is 2.45. The van der Waals surface area contributed by atoms with E-state index in [0.29, 0.717) is 30.7 Å². The molecule has 3 aromatic heterocycles. The van der Waals surface area contributed by atoms with Crippen LogP contribution in [-0.2, 0) is 4.74 Å². The van der Waals surface area contributed by atoms with Gasteiger partial charge in [0, 0.05) is 31.0 Å². The summed E-state index contributed by atoms with van der Waals surface area (Å²) in [5.74, 6) is 2.11. The molecule has 6 heterocycles. The number of fused-ring (bicyclic) bond motifs is 2. The van der Waals surface area contributed by atoms with Gasteiger partial charge in [-0.05, 0) is 25.2 Å². The van der Waals surface area contributed by atoms with Crippen LogP contribution in [0.4, 0.5) is 16.2 Å². The van der Waals surface area contributed by atoms with Crippen LogP contribution in [0.3, 0.4) is 0 Å². The van der Waals surface area contributed by atoms with Crippen molar-refractivity contribution in [3.63, 3.8) is 0 Å². The minimum Gasteiger partial charge on any atom is -0.378 e. The van der Waals surface area contributed by atoms with Crippen molar-refractivity contribution in [2.75, 3.05) is 30.0 Å². The SMILES string of the molecule is F[C@@H]1COCC[C@@H]1Nc1nc2cnc(-c3cn[nH]c3)c(N3CC4CC3C4)n2n1. The number of rotatable bonds is 4. The van der Waals surface area contributed by atoms with Crippen molar-refractivity contribution in [2.24, 2.45) is 5.92 Å². The third kappa shape index (κ3) is 2.47. The molecule has 3 aromatic rings. The molecular formula is C18H21FN8O. The normalized spacial score (nSPS) is 29.2. The van der Waals surface area contributed by atoms with Gasteiger partial charge < -0.3 is 15.0 Å². The van der Waals surface area contributed by atoms with Crippen molar-refractivity contribution in [3.8, 4) is 11.3 Å². The van der Waals surface area contributed by atoms with Crippen LogP contribution in [0.1, 0.15) is 19.3 Å². The predicted octanol–water partition coefficient (Wildman–Crippen LogP) is 1.65. The molecule has 0 spiro atoms. The topological polar surface area (TPSA) is 96.3 Å². The third-order valence-electron chi connectivity index (χ3n) is 6.11. The largest absolute Gasteiger partial charge is 0.378 e. The van der Waals surface area contributed by atoms with Gasteiger partial charge in [0.1, 0.15) is 11.9 Å². The summed E-state index contributed by atoms with van der Waals surface area (Å²) in [4.78, 5) is 11.6. The van der Waals surface area contributed by atoms with Gasteiger partial charge in [0.25, 0.3) is 0 Å². The van der Waals surface area contributed by atoms with Crippen LogP contribution < -0.4 is 10.2 Å². The zero-order chi connectivity index (χ0) is 18.7. The summed E-state index contributed by atoms with van der Waals surface area (Å²) in [6.45, 7) is 1.66. The Morgan fingerprint density at radius 3 is 2.96 bits per heavy atom. The lowest BCUT2D eigenvalue weighted by Crippen LogP contribution is -2.39. The number of anilines is 2. The Morgan fingerprint density at radius 1 is 1.29 bits per heavy atom. The first-order chi connectivity index (χ1) is 13.8. The summed E-state index contributed by atoms with van der Waals surface area (Å²) in [5, 5.41) is 14.8. The van der Waals surface area contributed by atoms with Crippen molar-refractivity contribution in [1.82, 2.24) is 29.8 Å². The highest BCUT2D eigenvalue weighted by atomic mass is 19.1. The molecule has 3 aliphatic heterocycles. The molecule has 0 unspecified atom stereocenters. The number of nitrogens with one attached hydrogen (secondary N) is 2. The Hall–Kier alpha value is -2.75. The lowest BCUT2D eigenvalue weighted by Gasteiger charge is -2.28. The first-order valence-corrected chi connectivity index (χ1v) is 9.76. The minimum atomic E-state index is -1.06. The van der Waals surface area contributed by atoms with Crippen LogP contribution in [0.15, 0.2) is 18.6 Å². The van der Waals surface area contributed by atoms with Gasteiger partial charge in [0.05, 0.1) is 25.0 Å². The van der Waals surface area contributed by atoms with Crippen molar-refractivity contribution in [3.05, 3.63) is 18.6 Å². The molecule has 1 aliphatic carbocycles. The maximum Gasteiger partial charge on any atom is 0.243 e. The van der Waals surface area contributed by atoms with Crippen LogP contribution in [0.5, 0.6) is 0 Å². The molecule has 2 N–H and O–H groups in total. The second-order valence-corrected chi connectivity index (χ2v) is 7.90. The van der Waals surface area contributed by atoms with E-state index in [1.54, 1.807) is 12.4 Å². The first-order valence-electron chi connectivity index (χ1n) is 9.76. The van der Waals surface area contributed by atoms with Crippen molar-refractivity contribution in [2.45, 2.75) is 37.5 Å². The number of aromatic amines is 1. The monoisotopic (exact) mass is 384 g/mol. The van der Waals surface area contributed by atoms with Crippen LogP contribution in [-0.4, -0.2) is 67.8 Å². The molecule has 7 rings (SSSR count). The quantitative estimate of drug-likeness (QED) is 0.706. The molecule has 10 heteroatoms. The molecule has 2 bridgehead atoms. The fourth-order valence-corrected chi connectivity index (χ4v) is 4.57. The standard InChI is InChI=1S/C18H21FN8O/c19-13-9-28-2-1-14(13)23-18-24-15-7-20-16(11-5-21-22-6-11)17(27(15)25-18)26-8-10-3-12(26)4-10/h5-7,10,12-14H,1-4,8-9H2,(H,21,22)(H,23,25)/t10?,12?,13-,14+/m1/s1. The smallest absolute Gasteiger partial charge is 0.243 e. The highest BCUT2D eigenvalue weighted by Gasteiger charge is 2.44. The Morgan fingerprint density at radius 2 is 2.21 bits per heavy atom. The molecule has 146 valence electrons. The van der Waals surface area contributed by atoms with E-state index in [2.05, 4.69) is 35.5 Å². The summed E-state index contributed by atoms with van der Waals surface area (Å²) < 4.78 is 21.2. The van der Waals surface area contributed by atoms with Gasteiger partial charge in [-0.3, -0.25) is 5.10 Å². The molecular weight excluding hydrogens is 363 g/mol. The van der Waals surface area contributed by atoms with Gasteiger partial charge in [-0.15, -0.1) is 5.10 Å². The number of halogens is 1. The minimum absolute atomic E-state index is 0.110. The summed E-state index contributed by atoms with van der Waals surface area (Å²) in [6, 6.07) is 0.185. The Balaban J connectivity index is 1.43. The second kappa shape index (κ2) is 6.13. The zero-order valence-electron chi connectivity index (χ0n) is 15.3. The van der Waals surface area contributed by atoms with Crippen LogP contribution >= 0.6 is 0 Å². The van der Waals surface area contributed by atoms with Gasteiger partial charge in [-0.2, -0.15) is 14.6 Å². The molecule has 1 saturated carbocycles. The van der Waals surface area contributed by atoms with Crippen molar-refractivity contribution >= 4 is 17.4 Å². The number of alkyl halides is 1. The number of ether oxygens (including phenoxy) is 1. The van der Waals surface area contributed by atoms with E-state index in [9.17, 15) is 4.39 Å². The number of aromatic nitrogens is 6. The molecule has 9 nitrogen and oxygen atoms in total. The third-order valence-corrected chi connectivity index (χ3v) is 6.11. The molecule has 4 fully saturated rings. The molecule has 2 atom stereocenters. The molecule has 28 heavy (non-hydrogen) atoms. The van der Waals surface area contributed by atoms with E-state index in [-0.39, 0.29) is 12.6 Å². The number of hydrogen-bond donors (Lipinski definition) is 2. The van der Waals surface area contributed by atoms with Gasteiger partial charge in [0.15, 0.2) is 11.5 Å². The Kier molecular flexibility index (Phi) is 3.55. The number of nitrogens with zero attached hydrogens (tertiary/aromatic N) is 6. The maximum absolute atomic E-state index is 14.1. The molecule has 4 aliphatic rings. The fourth-order valence-electron chi connectivity index (χ4n) is 4.57. The van der Waals surface area contributed by atoms with Crippen molar-refractivity contribution < 1.29 is 9.13 Å². The summed E-state index contributed by atoms with van der Waals surface area (Å²) in [6.07, 6.45) is 7.28. The van der Waals surface area contributed by atoms with Crippen LogP contribution in [0.25, 0.3) is 16.9 Å². The average molecular weight is 384 g/mol. The lowest BCUT2D eigenvalue weighted by molar-refractivity contribution is 0.0284. The van der Waals surface area contributed by atoms with E-state index < -0.39 is 6.17 Å². The molecule has 0 radical (unpaired) electrons. The second-order valence-electron chi connectivity index (χ2n) is 7.90. The van der Waals surface area contributed by atoms with E-state index in [1.165, 1.54) is 12.8 Å². The summed E-state index contributed by atoms with van der Waals surface area (Å²) in [5.41, 5.74) is 2.40. The Bertz CT molecular complexity index is 999. The lowest BCUT2D eigenvalue weighted by atomic mass is 9.86. The van der Waals surface area contributed by atoms with Crippen LogP contribution in [0.2, 0.25) is 0 Å². The number of H-pyrrole nitrogens is 1. The molecule has 0 aromatic carbocycles. The Labute approximate surface area is 160 Å². The average Bonchev–Trinajstić information content (AvgIpc) is 3.45. The number of hydrogen-bond acceptors (Lipinski definition) is 7. The van der Waals surface area contributed by atoms with Gasteiger partial charge in [-0.1, -0.05) is 0 Å². The maximum atomic E-state index is 14.1. The van der Waals surface area contributed by atoms with Gasteiger partial charge in [0.2, 0.25) is 5.95 Å². The summed E-state index contributed by atoms with van der Waals surface area (Å²) >= 11 is 0. The van der Waals surface area contributed by atoms with Gasteiger partial charge in [-0.25, -0.2) is 9.37 Å². The van der Waals surface area contributed by atoms with Crippen LogP contribution in [0, 0.1) is 5.92 Å². The zero-order valence-corrected chi connectivity index (χ0v) is 15.3. The van der Waals surface area contributed by atoms with Crippen molar-refractivity contribution in [1.29, 1.82) is 0 Å².